The molecule has 0 aromatic carbocycles. The minimum absolute atomic E-state index is 0.00799. The Bertz CT molecular complexity index is 419. The fourth-order valence-corrected chi connectivity index (χ4v) is 3.48. The van der Waals surface area contributed by atoms with E-state index in [2.05, 4.69) is 5.32 Å². The van der Waals surface area contributed by atoms with Crippen LogP contribution in [0.5, 0.6) is 0 Å². The molecule has 1 aromatic heterocycles. The lowest BCUT2D eigenvalue weighted by molar-refractivity contribution is 0.0944. The lowest BCUT2D eigenvalue weighted by Gasteiger charge is -2.09. The van der Waals surface area contributed by atoms with E-state index in [4.69, 9.17) is 5.73 Å². The lowest BCUT2D eigenvalue weighted by Crippen LogP contribution is -2.09. The second-order valence-corrected chi connectivity index (χ2v) is 6.50. The molecule has 0 unspecified atom stereocenters. The molecule has 0 saturated heterocycles. The summed E-state index contributed by atoms with van der Waals surface area (Å²) >= 11 is 1.49. The van der Waals surface area contributed by atoms with E-state index in [9.17, 15) is 4.79 Å². The minimum Gasteiger partial charge on any atom is -0.397 e. The Morgan fingerprint density at radius 2 is 2.17 bits per heavy atom. The highest BCUT2D eigenvalue weighted by molar-refractivity contribution is 7.18. The van der Waals surface area contributed by atoms with Gasteiger partial charge >= 0.3 is 0 Å². The summed E-state index contributed by atoms with van der Waals surface area (Å²) in [5, 5.41) is 4.46. The summed E-state index contributed by atoms with van der Waals surface area (Å²) < 4.78 is 0. The molecule has 1 saturated carbocycles. The van der Waals surface area contributed by atoms with Crippen LogP contribution in [0, 0.1) is 11.8 Å². The number of carbonyl (C=O) groups excluding carboxylic acids is 1. The van der Waals surface area contributed by atoms with E-state index in [0.717, 1.165) is 17.5 Å². The van der Waals surface area contributed by atoms with E-state index in [-0.39, 0.29) is 11.7 Å². The van der Waals surface area contributed by atoms with Gasteiger partial charge in [-0.3, -0.25) is 4.79 Å². The highest BCUT2D eigenvalue weighted by Crippen LogP contribution is 2.32. The van der Waals surface area contributed by atoms with Crippen LogP contribution in [0.3, 0.4) is 0 Å². The molecule has 100 valence electrons. The van der Waals surface area contributed by atoms with Gasteiger partial charge in [0.05, 0.1) is 15.6 Å². The van der Waals surface area contributed by atoms with Gasteiger partial charge in [0.1, 0.15) is 0 Å². The Kier molecular flexibility index (Phi) is 4.27. The summed E-state index contributed by atoms with van der Waals surface area (Å²) in [5.74, 6) is 0.942. The molecule has 0 aliphatic heterocycles. The second-order valence-electron chi connectivity index (χ2n) is 5.45. The van der Waals surface area contributed by atoms with Crippen LogP contribution in [0.25, 0.3) is 0 Å². The maximum absolute atomic E-state index is 11.9. The third-order valence-corrected chi connectivity index (χ3v) is 4.67. The monoisotopic (exact) mass is 266 g/mol. The molecule has 3 nitrogen and oxygen atoms in total. The first-order valence-corrected chi connectivity index (χ1v) is 7.57. The molecule has 0 atom stereocenters. The number of nitrogens with two attached hydrogens (primary N) is 1. The van der Waals surface area contributed by atoms with Crippen molar-refractivity contribution >= 4 is 27.8 Å². The fraction of sp³-hybridized carbons (Fsp3) is 0.643. The molecule has 2 rings (SSSR count). The predicted octanol–water partition coefficient (Wildman–Crippen LogP) is 3.77. The molecule has 0 bridgehead atoms. The first kappa shape index (κ1) is 13.4. The zero-order valence-corrected chi connectivity index (χ0v) is 12.0. The van der Waals surface area contributed by atoms with Gasteiger partial charge in [0.25, 0.3) is 0 Å². The molecule has 1 aliphatic rings. The highest BCUT2D eigenvalue weighted by Gasteiger charge is 2.19. The molecule has 1 aliphatic carbocycles. The van der Waals surface area contributed by atoms with Crippen molar-refractivity contribution in [2.24, 2.45) is 11.8 Å². The van der Waals surface area contributed by atoms with Gasteiger partial charge in [0.2, 0.25) is 0 Å². The van der Waals surface area contributed by atoms with Gasteiger partial charge < -0.3 is 11.1 Å². The first-order valence-electron chi connectivity index (χ1n) is 6.75. The smallest absolute Gasteiger partial charge is 0.177 e. The van der Waals surface area contributed by atoms with E-state index in [1.807, 2.05) is 19.9 Å². The summed E-state index contributed by atoms with van der Waals surface area (Å²) in [6.07, 6.45) is 5.36. The van der Waals surface area contributed by atoms with Crippen molar-refractivity contribution in [1.82, 2.24) is 0 Å². The summed E-state index contributed by atoms with van der Waals surface area (Å²) in [5.41, 5.74) is 6.53. The molecular weight excluding hydrogens is 244 g/mol. The number of Topliss-reactive ketones (excluding diaryl/α,β-unsaturated/α-hetero) is 1. The van der Waals surface area contributed by atoms with Crippen LogP contribution >= 0.6 is 11.3 Å². The average Bonchev–Trinajstić information content (AvgIpc) is 2.94. The van der Waals surface area contributed by atoms with E-state index >= 15 is 0 Å². The Labute approximate surface area is 113 Å². The third kappa shape index (κ3) is 3.05. The second kappa shape index (κ2) is 5.74. The Morgan fingerprint density at radius 3 is 2.78 bits per heavy atom. The van der Waals surface area contributed by atoms with Gasteiger partial charge in [-0.05, 0) is 24.8 Å². The summed E-state index contributed by atoms with van der Waals surface area (Å²) in [6, 6.07) is 1.90. The Hall–Kier alpha value is -1.03. The zero-order valence-electron chi connectivity index (χ0n) is 11.2. The van der Waals surface area contributed by atoms with Crippen LogP contribution in [0.1, 0.15) is 49.2 Å². The van der Waals surface area contributed by atoms with Gasteiger partial charge in [-0.15, -0.1) is 11.3 Å². The van der Waals surface area contributed by atoms with Crippen LogP contribution in [0.2, 0.25) is 0 Å². The third-order valence-electron chi connectivity index (χ3n) is 3.55. The molecule has 0 amide bonds. The van der Waals surface area contributed by atoms with Crippen molar-refractivity contribution in [3.8, 4) is 0 Å². The number of anilines is 2. The molecule has 0 radical (unpaired) electrons. The van der Waals surface area contributed by atoms with Crippen molar-refractivity contribution in [2.75, 3.05) is 17.6 Å². The number of ketones is 1. The van der Waals surface area contributed by atoms with Crippen molar-refractivity contribution in [3.63, 3.8) is 0 Å². The number of carbonyl (C=O) groups is 1. The number of hydrogen-bond acceptors (Lipinski definition) is 4. The standard InChI is InChI=1S/C14H22N2OS/c1-9(2)13(17)14-11(15)7-12(18-14)16-8-10-5-3-4-6-10/h7,9-10,16H,3-6,8,15H2,1-2H3. The van der Waals surface area contributed by atoms with Crippen molar-refractivity contribution < 1.29 is 4.79 Å². The molecule has 0 spiro atoms. The number of thiophene rings is 1. The topological polar surface area (TPSA) is 55.1 Å². The number of nitrogen functional groups attached to an aromatic ring is 1. The Balaban J connectivity index is 1.97. The summed E-state index contributed by atoms with van der Waals surface area (Å²) in [4.78, 5) is 12.6. The molecule has 18 heavy (non-hydrogen) atoms. The van der Waals surface area contributed by atoms with E-state index < -0.39 is 0 Å². The van der Waals surface area contributed by atoms with E-state index in [1.165, 1.54) is 37.0 Å². The fourth-order valence-electron chi connectivity index (χ4n) is 2.41. The Morgan fingerprint density at radius 1 is 1.50 bits per heavy atom. The van der Waals surface area contributed by atoms with Gasteiger partial charge in [-0.2, -0.15) is 0 Å². The SMILES string of the molecule is CC(C)C(=O)c1sc(NCC2CCCC2)cc1N. The molecular formula is C14H22N2OS. The predicted molar refractivity (Wildman–Crippen MR) is 78.3 cm³/mol. The van der Waals surface area contributed by atoms with Gasteiger partial charge in [-0.25, -0.2) is 0 Å². The van der Waals surface area contributed by atoms with Crippen LogP contribution in [-0.2, 0) is 0 Å². The van der Waals surface area contributed by atoms with Crippen LogP contribution < -0.4 is 11.1 Å². The van der Waals surface area contributed by atoms with E-state index in [0.29, 0.717) is 10.6 Å². The largest absolute Gasteiger partial charge is 0.397 e. The molecule has 1 fully saturated rings. The van der Waals surface area contributed by atoms with Crippen molar-refractivity contribution in [1.29, 1.82) is 0 Å². The maximum Gasteiger partial charge on any atom is 0.177 e. The normalized spacial score (nSPS) is 16.4. The summed E-state index contributed by atoms with van der Waals surface area (Å²) in [7, 11) is 0. The van der Waals surface area contributed by atoms with Crippen LogP contribution in [0.15, 0.2) is 6.07 Å². The van der Waals surface area contributed by atoms with Crippen LogP contribution in [-0.4, -0.2) is 12.3 Å². The number of nitrogens with one attached hydrogen (secondary N) is 1. The minimum atomic E-state index is 0.00799. The van der Waals surface area contributed by atoms with Crippen LogP contribution in [0.4, 0.5) is 10.7 Å². The lowest BCUT2D eigenvalue weighted by atomic mass is 10.1. The quantitative estimate of drug-likeness (QED) is 0.798. The number of hydrogen-bond donors (Lipinski definition) is 2. The maximum atomic E-state index is 11.9. The molecule has 3 N–H and O–H groups in total. The zero-order chi connectivity index (χ0) is 13.1. The van der Waals surface area contributed by atoms with Crippen molar-refractivity contribution in [2.45, 2.75) is 39.5 Å². The van der Waals surface area contributed by atoms with Gasteiger partial charge in [0.15, 0.2) is 5.78 Å². The van der Waals surface area contributed by atoms with Gasteiger partial charge in [0, 0.05) is 12.5 Å². The highest BCUT2D eigenvalue weighted by atomic mass is 32.1. The molecule has 1 aromatic rings. The molecule has 1 heterocycles. The van der Waals surface area contributed by atoms with Gasteiger partial charge in [-0.1, -0.05) is 26.7 Å². The first-order chi connectivity index (χ1) is 8.58. The average molecular weight is 266 g/mol. The van der Waals surface area contributed by atoms with E-state index in [1.54, 1.807) is 0 Å². The molecule has 4 heteroatoms. The summed E-state index contributed by atoms with van der Waals surface area (Å²) in [6.45, 7) is 4.83. The van der Waals surface area contributed by atoms with Crippen molar-refractivity contribution in [3.05, 3.63) is 10.9 Å². The number of rotatable bonds is 5.